The first-order chi connectivity index (χ1) is 7.25. The molecule has 0 N–H and O–H groups in total. The first-order valence-corrected chi connectivity index (χ1v) is 6.02. The fourth-order valence-corrected chi connectivity index (χ4v) is 2.13. The molecule has 1 aliphatic heterocycles. The molecule has 0 aromatic carbocycles. The van der Waals surface area contributed by atoms with E-state index < -0.39 is 0 Å². The van der Waals surface area contributed by atoms with Crippen LogP contribution in [0, 0.1) is 0 Å². The van der Waals surface area contributed by atoms with Crippen LogP contribution >= 0.6 is 15.9 Å². The van der Waals surface area contributed by atoms with Crippen LogP contribution in [0.1, 0.15) is 19.3 Å². The van der Waals surface area contributed by atoms with E-state index in [1.807, 2.05) is 17.2 Å². The summed E-state index contributed by atoms with van der Waals surface area (Å²) in [5, 5.41) is 4.13. The molecular formula is C10H14BrN3O. The Morgan fingerprint density at radius 2 is 2.13 bits per heavy atom. The minimum Gasteiger partial charge on any atom is -0.341 e. The van der Waals surface area contributed by atoms with Gasteiger partial charge < -0.3 is 4.90 Å². The number of piperidine rings is 1. The summed E-state index contributed by atoms with van der Waals surface area (Å²) in [6, 6.07) is 1.84. The molecule has 0 saturated carbocycles. The SMILES string of the molecule is O=C(Cn1ccc(Br)n1)N1CCCCC1. The largest absolute Gasteiger partial charge is 0.341 e. The van der Waals surface area contributed by atoms with E-state index in [2.05, 4.69) is 21.0 Å². The zero-order chi connectivity index (χ0) is 10.7. The Labute approximate surface area is 97.4 Å². The van der Waals surface area contributed by atoms with Crippen molar-refractivity contribution in [2.75, 3.05) is 13.1 Å². The molecule has 2 heterocycles. The first-order valence-electron chi connectivity index (χ1n) is 5.22. The Kier molecular flexibility index (Phi) is 3.41. The fraction of sp³-hybridized carbons (Fsp3) is 0.600. The molecule has 1 aliphatic rings. The van der Waals surface area contributed by atoms with E-state index in [0.717, 1.165) is 30.5 Å². The van der Waals surface area contributed by atoms with Gasteiger partial charge in [0.25, 0.3) is 0 Å². The van der Waals surface area contributed by atoms with Crippen LogP contribution in [0.2, 0.25) is 0 Å². The van der Waals surface area contributed by atoms with Gasteiger partial charge in [-0.05, 0) is 41.3 Å². The van der Waals surface area contributed by atoms with E-state index in [1.54, 1.807) is 4.68 Å². The summed E-state index contributed by atoms with van der Waals surface area (Å²) in [5.41, 5.74) is 0. The third-order valence-electron chi connectivity index (χ3n) is 2.61. The Balaban J connectivity index is 1.91. The third kappa shape index (κ3) is 2.81. The number of carbonyl (C=O) groups is 1. The molecule has 1 aromatic heterocycles. The second-order valence-corrected chi connectivity index (χ2v) is 4.59. The van der Waals surface area contributed by atoms with E-state index in [-0.39, 0.29) is 5.91 Å². The highest BCUT2D eigenvalue weighted by molar-refractivity contribution is 9.10. The molecule has 5 heteroatoms. The number of rotatable bonds is 2. The van der Waals surface area contributed by atoms with Gasteiger partial charge >= 0.3 is 0 Å². The van der Waals surface area contributed by atoms with Gasteiger partial charge in [-0.1, -0.05) is 0 Å². The topological polar surface area (TPSA) is 38.1 Å². The zero-order valence-electron chi connectivity index (χ0n) is 8.53. The molecule has 0 radical (unpaired) electrons. The van der Waals surface area contributed by atoms with E-state index in [0.29, 0.717) is 6.54 Å². The maximum atomic E-state index is 11.8. The van der Waals surface area contributed by atoms with Crippen molar-refractivity contribution in [3.8, 4) is 0 Å². The van der Waals surface area contributed by atoms with Crippen LogP contribution in [0.25, 0.3) is 0 Å². The lowest BCUT2D eigenvalue weighted by Crippen LogP contribution is -2.37. The normalized spacial score (nSPS) is 16.7. The van der Waals surface area contributed by atoms with E-state index >= 15 is 0 Å². The van der Waals surface area contributed by atoms with Crippen molar-refractivity contribution in [2.45, 2.75) is 25.8 Å². The molecule has 1 fully saturated rings. The lowest BCUT2D eigenvalue weighted by atomic mass is 10.1. The summed E-state index contributed by atoms with van der Waals surface area (Å²) < 4.78 is 2.44. The number of amides is 1. The average molecular weight is 272 g/mol. The zero-order valence-corrected chi connectivity index (χ0v) is 10.1. The predicted octanol–water partition coefficient (Wildman–Crippen LogP) is 1.66. The molecule has 1 saturated heterocycles. The summed E-state index contributed by atoms with van der Waals surface area (Å²) in [4.78, 5) is 13.8. The number of halogens is 1. The van der Waals surface area contributed by atoms with Gasteiger partial charge in [0, 0.05) is 19.3 Å². The first kappa shape index (κ1) is 10.7. The minimum absolute atomic E-state index is 0.172. The number of hydrogen-bond acceptors (Lipinski definition) is 2. The molecule has 1 aromatic rings. The van der Waals surface area contributed by atoms with Crippen LogP contribution in [0.5, 0.6) is 0 Å². The predicted molar refractivity (Wildman–Crippen MR) is 60.4 cm³/mol. The van der Waals surface area contributed by atoms with Crippen LogP contribution in [0.3, 0.4) is 0 Å². The van der Waals surface area contributed by atoms with E-state index in [4.69, 9.17) is 0 Å². The van der Waals surface area contributed by atoms with Gasteiger partial charge in [-0.3, -0.25) is 9.48 Å². The summed E-state index contributed by atoms with van der Waals surface area (Å²) in [6.07, 6.45) is 5.33. The van der Waals surface area contributed by atoms with Gasteiger partial charge in [-0.15, -0.1) is 0 Å². The van der Waals surface area contributed by atoms with Gasteiger partial charge in [0.15, 0.2) is 0 Å². The maximum absolute atomic E-state index is 11.8. The Hall–Kier alpha value is -0.840. The fourth-order valence-electron chi connectivity index (χ4n) is 1.81. The van der Waals surface area contributed by atoms with Crippen molar-refractivity contribution in [3.63, 3.8) is 0 Å². The number of carbonyl (C=O) groups excluding carboxylic acids is 1. The molecule has 2 rings (SSSR count). The van der Waals surface area contributed by atoms with Crippen LogP contribution in [-0.2, 0) is 11.3 Å². The monoisotopic (exact) mass is 271 g/mol. The van der Waals surface area contributed by atoms with Crippen molar-refractivity contribution in [1.29, 1.82) is 0 Å². The Morgan fingerprint density at radius 1 is 1.40 bits per heavy atom. The van der Waals surface area contributed by atoms with Crippen LogP contribution in [0.15, 0.2) is 16.9 Å². The molecule has 0 unspecified atom stereocenters. The standard InChI is InChI=1S/C10H14BrN3O/c11-9-4-7-14(12-9)8-10(15)13-5-2-1-3-6-13/h4,7H,1-3,5-6,8H2. The smallest absolute Gasteiger partial charge is 0.244 e. The average Bonchev–Trinajstić information content (AvgIpc) is 2.65. The summed E-state index contributed by atoms with van der Waals surface area (Å²) in [5.74, 6) is 0.172. The van der Waals surface area contributed by atoms with Crippen molar-refractivity contribution in [3.05, 3.63) is 16.9 Å². The Morgan fingerprint density at radius 3 is 2.73 bits per heavy atom. The molecule has 1 amide bonds. The summed E-state index contributed by atoms with van der Waals surface area (Å²) >= 11 is 3.26. The highest BCUT2D eigenvalue weighted by Gasteiger charge is 2.16. The highest BCUT2D eigenvalue weighted by Crippen LogP contribution is 2.10. The highest BCUT2D eigenvalue weighted by atomic mass is 79.9. The second kappa shape index (κ2) is 4.79. The van der Waals surface area contributed by atoms with Crippen LogP contribution in [-0.4, -0.2) is 33.7 Å². The molecule has 4 nitrogen and oxygen atoms in total. The van der Waals surface area contributed by atoms with Gasteiger partial charge in [0.2, 0.25) is 5.91 Å². The summed E-state index contributed by atoms with van der Waals surface area (Å²) in [6.45, 7) is 2.16. The van der Waals surface area contributed by atoms with Crippen molar-refractivity contribution < 1.29 is 4.79 Å². The van der Waals surface area contributed by atoms with Crippen LogP contribution < -0.4 is 0 Å². The maximum Gasteiger partial charge on any atom is 0.244 e. The lowest BCUT2D eigenvalue weighted by molar-refractivity contribution is -0.132. The van der Waals surface area contributed by atoms with Gasteiger partial charge in [-0.25, -0.2) is 0 Å². The molecular weight excluding hydrogens is 258 g/mol. The molecule has 82 valence electrons. The molecule has 0 aliphatic carbocycles. The second-order valence-electron chi connectivity index (χ2n) is 3.78. The number of likely N-dealkylation sites (tertiary alicyclic amines) is 1. The van der Waals surface area contributed by atoms with E-state index in [1.165, 1.54) is 6.42 Å². The molecule has 15 heavy (non-hydrogen) atoms. The quantitative estimate of drug-likeness (QED) is 0.821. The number of aromatic nitrogens is 2. The minimum atomic E-state index is 0.172. The van der Waals surface area contributed by atoms with Gasteiger partial charge in [0.1, 0.15) is 11.1 Å². The van der Waals surface area contributed by atoms with Crippen molar-refractivity contribution in [2.24, 2.45) is 0 Å². The van der Waals surface area contributed by atoms with Crippen molar-refractivity contribution >= 4 is 21.8 Å². The van der Waals surface area contributed by atoms with Gasteiger partial charge in [0.05, 0.1) is 0 Å². The van der Waals surface area contributed by atoms with Crippen molar-refractivity contribution in [1.82, 2.24) is 14.7 Å². The molecule has 0 bridgehead atoms. The lowest BCUT2D eigenvalue weighted by Gasteiger charge is -2.26. The Bertz CT molecular complexity index is 344. The molecule has 0 spiro atoms. The van der Waals surface area contributed by atoms with Crippen LogP contribution in [0.4, 0.5) is 0 Å². The van der Waals surface area contributed by atoms with E-state index in [9.17, 15) is 4.79 Å². The molecule has 0 atom stereocenters. The number of nitrogens with zero attached hydrogens (tertiary/aromatic N) is 3. The number of hydrogen-bond donors (Lipinski definition) is 0. The third-order valence-corrected chi connectivity index (χ3v) is 3.04. The van der Waals surface area contributed by atoms with Gasteiger partial charge in [-0.2, -0.15) is 5.10 Å². The summed E-state index contributed by atoms with van der Waals surface area (Å²) in [7, 11) is 0.